The predicted molar refractivity (Wildman–Crippen MR) is 138 cm³/mol. The molecule has 0 aliphatic carbocycles. The first-order valence-electron chi connectivity index (χ1n) is 11.9. The number of aromatic nitrogens is 1. The molecule has 33 heavy (non-hydrogen) atoms. The normalized spacial score (nSPS) is 18.2. The smallest absolute Gasteiger partial charge is 0.171 e. The third-order valence-electron chi connectivity index (χ3n) is 6.75. The maximum absolute atomic E-state index is 5.53. The van der Waals surface area contributed by atoms with E-state index in [0.717, 1.165) is 73.8 Å². The first-order chi connectivity index (χ1) is 16.1. The van der Waals surface area contributed by atoms with Crippen LogP contribution >= 0.6 is 11.8 Å². The molecule has 1 aromatic heterocycles. The van der Waals surface area contributed by atoms with Gasteiger partial charge in [-0.3, -0.25) is 4.90 Å². The van der Waals surface area contributed by atoms with Crippen molar-refractivity contribution >= 4 is 33.5 Å². The largest absolute Gasteiger partial charge is 0.379 e. The summed E-state index contributed by atoms with van der Waals surface area (Å²) in [6.07, 6.45) is 0.976. The Balaban J connectivity index is 1.51. The highest BCUT2D eigenvalue weighted by Gasteiger charge is 2.25. The van der Waals surface area contributed by atoms with Crippen LogP contribution in [0, 0.1) is 13.8 Å². The summed E-state index contributed by atoms with van der Waals surface area (Å²) < 4.78 is 5.53. The van der Waals surface area contributed by atoms with Crippen molar-refractivity contribution in [1.82, 2.24) is 14.8 Å². The van der Waals surface area contributed by atoms with Gasteiger partial charge >= 0.3 is 0 Å². The van der Waals surface area contributed by atoms with Crippen LogP contribution in [-0.4, -0.2) is 59.3 Å². The molecular weight excluding hydrogens is 428 g/mol. The second-order valence-corrected chi connectivity index (χ2v) is 9.84. The van der Waals surface area contributed by atoms with Gasteiger partial charge in [-0.25, -0.2) is 9.98 Å². The summed E-state index contributed by atoms with van der Waals surface area (Å²) in [5, 5.41) is 3.36. The summed E-state index contributed by atoms with van der Waals surface area (Å²) in [7, 11) is 0. The first kappa shape index (κ1) is 22.4. The summed E-state index contributed by atoms with van der Waals surface area (Å²) in [5.41, 5.74) is 7.29. The minimum Gasteiger partial charge on any atom is -0.379 e. The van der Waals surface area contributed by atoms with Crippen LogP contribution in [0.3, 0.4) is 0 Å². The van der Waals surface area contributed by atoms with E-state index in [-0.39, 0.29) is 0 Å². The molecule has 0 amide bonds. The van der Waals surface area contributed by atoms with Crippen molar-refractivity contribution in [2.24, 2.45) is 4.99 Å². The summed E-state index contributed by atoms with van der Waals surface area (Å²) in [4.78, 5) is 15.2. The van der Waals surface area contributed by atoms with Crippen LogP contribution in [0.25, 0.3) is 10.9 Å². The van der Waals surface area contributed by atoms with Crippen molar-refractivity contribution in [2.75, 3.05) is 39.4 Å². The van der Waals surface area contributed by atoms with E-state index in [9.17, 15) is 0 Å². The molecule has 0 N–H and O–H groups in total. The fourth-order valence-corrected chi connectivity index (χ4v) is 5.51. The third kappa shape index (κ3) is 4.79. The van der Waals surface area contributed by atoms with Crippen LogP contribution in [0.15, 0.2) is 52.5 Å². The van der Waals surface area contributed by atoms with Crippen LogP contribution in [0.5, 0.6) is 0 Å². The second-order valence-electron chi connectivity index (χ2n) is 8.89. The summed E-state index contributed by atoms with van der Waals surface area (Å²) in [6.45, 7) is 13.0. The molecular formula is C27H32N4OS. The number of ether oxygens (including phenoxy) is 1. The fraction of sp³-hybridized carbons (Fsp3) is 0.407. The van der Waals surface area contributed by atoms with Gasteiger partial charge in [0.2, 0.25) is 0 Å². The van der Waals surface area contributed by atoms with E-state index in [1.165, 1.54) is 27.6 Å². The topological polar surface area (TPSA) is 41.0 Å². The molecule has 5 nitrogen and oxygen atoms in total. The Bertz CT molecular complexity index is 1190. The number of pyridine rings is 1. The van der Waals surface area contributed by atoms with Gasteiger partial charge in [0.1, 0.15) is 5.03 Å². The Morgan fingerprint density at radius 1 is 1.06 bits per heavy atom. The van der Waals surface area contributed by atoms with Crippen LogP contribution in [0.4, 0.5) is 5.69 Å². The van der Waals surface area contributed by atoms with E-state index in [0.29, 0.717) is 0 Å². The van der Waals surface area contributed by atoms with Crippen LogP contribution in [-0.2, 0) is 17.7 Å². The number of hydrogen-bond acceptors (Lipinski definition) is 5. The Hall–Kier alpha value is -2.41. The van der Waals surface area contributed by atoms with Gasteiger partial charge in [-0.15, -0.1) is 0 Å². The third-order valence-corrected chi connectivity index (χ3v) is 7.83. The monoisotopic (exact) mass is 460 g/mol. The number of benzene rings is 2. The lowest BCUT2D eigenvalue weighted by Crippen LogP contribution is -2.43. The highest BCUT2D eigenvalue weighted by molar-refractivity contribution is 8.13. The summed E-state index contributed by atoms with van der Waals surface area (Å²) in [6, 6.07) is 15.2. The van der Waals surface area contributed by atoms with Gasteiger partial charge in [-0.05, 0) is 60.9 Å². The molecule has 0 spiro atoms. The molecule has 2 aliphatic heterocycles. The van der Waals surface area contributed by atoms with Gasteiger partial charge in [-0.2, -0.15) is 0 Å². The molecule has 5 rings (SSSR count). The van der Waals surface area contributed by atoms with Gasteiger partial charge in [0.15, 0.2) is 5.17 Å². The molecule has 172 valence electrons. The molecule has 0 bridgehead atoms. The van der Waals surface area contributed by atoms with E-state index in [1.54, 1.807) is 11.8 Å². The van der Waals surface area contributed by atoms with E-state index in [4.69, 9.17) is 14.7 Å². The van der Waals surface area contributed by atoms with E-state index >= 15 is 0 Å². The number of para-hydroxylation sites is 1. The number of morpholine rings is 1. The number of hydrogen-bond donors (Lipinski definition) is 0. The van der Waals surface area contributed by atoms with Crippen LogP contribution < -0.4 is 0 Å². The minimum atomic E-state index is 0.830. The first-order valence-corrected chi connectivity index (χ1v) is 12.7. The molecule has 0 unspecified atom stereocenters. The molecule has 2 aliphatic rings. The summed E-state index contributed by atoms with van der Waals surface area (Å²) >= 11 is 1.72. The van der Waals surface area contributed by atoms with E-state index in [2.05, 4.69) is 73.0 Å². The Labute approximate surface area is 200 Å². The summed E-state index contributed by atoms with van der Waals surface area (Å²) in [5.74, 6) is 0. The highest BCUT2D eigenvalue weighted by atomic mass is 32.2. The van der Waals surface area contributed by atoms with E-state index < -0.39 is 0 Å². The average molecular weight is 461 g/mol. The molecule has 3 aromatic rings. The number of nitrogens with zero attached hydrogens (tertiary/aromatic N) is 4. The Morgan fingerprint density at radius 3 is 2.70 bits per heavy atom. The maximum atomic E-state index is 5.53. The number of aryl methyl sites for hydroxylation is 3. The Kier molecular flexibility index (Phi) is 6.67. The lowest BCUT2D eigenvalue weighted by atomic mass is 10.0. The van der Waals surface area contributed by atoms with Gasteiger partial charge < -0.3 is 9.64 Å². The van der Waals surface area contributed by atoms with E-state index in [1.807, 2.05) is 0 Å². The molecule has 0 atom stereocenters. The quantitative estimate of drug-likeness (QED) is 0.514. The van der Waals surface area contributed by atoms with Gasteiger partial charge in [-0.1, -0.05) is 37.3 Å². The number of thioether (sulfide) groups is 1. The lowest BCUT2D eigenvalue weighted by molar-refractivity contribution is 0.0358. The fourth-order valence-electron chi connectivity index (χ4n) is 4.51. The predicted octanol–water partition coefficient (Wildman–Crippen LogP) is 5.34. The Morgan fingerprint density at radius 2 is 1.88 bits per heavy atom. The number of aliphatic imine (C=N–C) groups is 1. The zero-order valence-electron chi connectivity index (χ0n) is 19.8. The highest BCUT2D eigenvalue weighted by Crippen LogP contribution is 2.36. The number of amidine groups is 1. The number of fused-ring (bicyclic) bond motifs is 2. The maximum Gasteiger partial charge on any atom is 0.171 e. The van der Waals surface area contributed by atoms with Crippen molar-refractivity contribution < 1.29 is 4.74 Å². The average Bonchev–Trinajstić information content (AvgIpc) is 2.85. The van der Waals surface area contributed by atoms with Gasteiger partial charge in [0, 0.05) is 43.7 Å². The zero-order valence-corrected chi connectivity index (χ0v) is 20.6. The van der Waals surface area contributed by atoms with Crippen molar-refractivity contribution in [3.05, 3.63) is 64.7 Å². The molecule has 0 saturated carbocycles. The van der Waals surface area contributed by atoms with Crippen molar-refractivity contribution in [2.45, 2.75) is 38.8 Å². The van der Waals surface area contributed by atoms with Gasteiger partial charge in [0.05, 0.1) is 24.4 Å². The van der Waals surface area contributed by atoms with Crippen molar-refractivity contribution in [3.63, 3.8) is 0 Å². The standard InChI is InChI=1S/C27H32N4OS/c1-4-21-7-5-6-8-24(21)28-27-31(12-11-30-13-15-32-16-14-30)18-23-17-22-10-9-19(2)20(3)25(22)29-26(23)33-27/h5-10,17H,4,11-16,18H2,1-3H3. The number of rotatable bonds is 5. The second kappa shape index (κ2) is 9.84. The lowest BCUT2D eigenvalue weighted by Gasteiger charge is -2.34. The molecule has 1 fully saturated rings. The van der Waals surface area contributed by atoms with Crippen molar-refractivity contribution in [3.8, 4) is 0 Å². The van der Waals surface area contributed by atoms with Crippen LogP contribution in [0.1, 0.15) is 29.2 Å². The van der Waals surface area contributed by atoms with Crippen molar-refractivity contribution in [1.29, 1.82) is 0 Å². The molecule has 0 radical (unpaired) electrons. The van der Waals surface area contributed by atoms with Gasteiger partial charge in [0.25, 0.3) is 0 Å². The zero-order chi connectivity index (χ0) is 22.8. The molecule has 1 saturated heterocycles. The minimum absolute atomic E-state index is 0.830. The molecule has 6 heteroatoms. The van der Waals surface area contributed by atoms with Crippen LogP contribution in [0.2, 0.25) is 0 Å². The molecule has 3 heterocycles. The molecule has 2 aromatic carbocycles. The SMILES string of the molecule is CCc1ccccc1N=C1Sc2nc3c(C)c(C)ccc3cc2CN1CCN1CCOCC1.